The van der Waals surface area contributed by atoms with Gasteiger partial charge in [-0.2, -0.15) is 0 Å². The lowest BCUT2D eigenvalue weighted by Gasteiger charge is -2.22. The summed E-state index contributed by atoms with van der Waals surface area (Å²) in [7, 11) is 0. The highest BCUT2D eigenvalue weighted by Gasteiger charge is 2.19. The summed E-state index contributed by atoms with van der Waals surface area (Å²) in [5, 5.41) is 8.32. The van der Waals surface area contributed by atoms with Gasteiger partial charge < -0.3 is 10.6 Å². The van der Waals surface area contributed by atoms with Gasteiger partial charge in [-0.05, 0) is 43.3 Å². The molecule has 1 unspecified atom stereocenters. The Labute approximate surface area is 112 Å². The number of piperidine rings is 1. The van der Waals surface area contributed by atoms with Gasteiger partial charge in [0, 0.05) is 4.88 Å². The van der Waals surface area contributed by atoms with Crippen LogP contribution in [0, 0.1) is 6.92 Å². The number of hydrogen-bond acceptors (Lipinski definition) is 3. The zero-order valence-corrected chi connectivity index (χ0v) is 11.6. The van der Waals surface area contributed by atoms with E-state index in [2.05, 4.69) is 29.0 Å². The number of hydrogen-bond donors (Lipinski definition) is 2. The number of carbonyl (C=O) groups is 1. The molecule has 2 N–H and O–H groups in total. The van der Waals surface area contributed by atoms with Gasteiger partial charge in [-0.1, -0.05) is 6.42 Å². The van der Waals surface area contributed by atoms with E-state index in [1.54, 1.807) is 11.3 Å². The van der Waals surface area contributed by atoms with Gasteiger partial charge in [0.25, 0.3) is 0 Å². The van der Waals surface area contributed by atoms with Gasteiger partial charge in [0.1, 0.15) is 0 Å². The zero-order chi connectivity index (χ0) is 11.4. The van der Waals surface area contributed by atoms with Crippen LogP contribution in [0.5, 0.6) is 0 Å². The van der Waals surface area contributed by atoms with E-state index >= 15 is 0 Å². The number of halogens is 1. The fourth-order valence-electron chi connectivity index (χ4n) is 1.95. The van der Waals surface area contributed by atoms with Crippen molar-refractivity contribution in [3.63, 3.8) is 0 Å². The third kappa shape index (κ3) is 3.98. The van der Waals surface area contributed by atoms with Crippen LogP contribution in [0.3, 0.4) is 0 Å². The lowest BCUT2D eigenvalue weighted by atomic mass is 10.0. The summed E-state index contributed by atoms with van der Waals surface area (Å²) < 4.78 is 0. The lowest BCUT2D eigenvalue weighted by molar-refractivity contribution is -0.123. The van der Waals surface area contributed by atoms with E-state index < -0.39 is 0 Å². The summed E-state index contributed by atoms with van der Waals surface area (Å²) in [6.45, 7) is 3.72. The molecule has 0 spiro atoms. The molecule has 96 valence electrons. The van der Waals surface area contributed by atoms with E-state index in [1.165, 1.54) is 16.9 Å². The van der Waals surface area contributed by atoms with Crippen LogP contribution in [0.4, 0.5) is 0 Å². The van der Waals surface area contributed by atoms with Crippen molar-refractivity contribution in [2.24, 2.45) is 0 Å². The molecule has 1 fully saturated rings. The molecule has 1 saturated heterocycles. The first-order chi connectivity index (χ1) is 7.77. The molecule has 1 aromatic rings. The third-order valence-electron chi connectivity index (χ3n) is 3.02. The Morgan fingerprint density at radius 1 is 1.59 bits per heavy atom. The highest BCUT2D eigenvalue weighted by atomic mass is 35.5. The first-order valence-electron chi connectivity index (χ1n) is 5.81. The Bertz CT molecular complexity index is 361. The van der Waals surface area contributed by atoms with Gasteiger partial charge >= 0.3 is 0 Å². The fourth-order valence-corrected chi connectivity index (χ4v) is 2.80. The Balaban J connectivity index is 0.00000144. The van der Waals surface area contributed by atoms with Crippen molar-refractivity contribution < 1.29 is 4.79 Å². The maximum absolute atomic E-state index is 11.8. The van der Waals surface area contributed by atoms with Crippen LogP contribution in [-0.2, 0) is 11.3 Å². The van der Waals surface area contributed by atoms with Crippen LogP contribution in [0.15, 0.2) is 11.4 Å². The first kappa shape index (κ1) is 14.5. The minimum atomic E-state index is 0. The van der Waals surface area contributed by atoms with Crippen LogP contribution in [-0.4, -0.2) is 18.5 Å². The molecule has 5 heteroatoms. The molecule has 2 rings (SSSR count). The third-order valence-corrected chi connectivity index (χ3v) is 4.04. The number of carbonyl (C=O) groups excluding carboxylic acids is 1. The van der Waals surface area contributed by atoms with Crippen LogP contribution >= 0.6 is 23.7 Å². The summed E-state index contributed by atoms with van der Waals surface area (Å²) in [4.78, 5) is 13.1. The molecule has 1 aromatic heterocycles. The second-order valence-electron chi connectivity index (χ2n) is 4.25. The minimum absolute atomic E-state index is 0. The molecule has 0 radical (unpaired) electrons. The van der Waals surface area contributed by atoms with Crippen molar-refractivity contribution in [2.75, 3.05) is 6.54 Å². The van der Waals surface area contributed by atoms with Gasteiger partial charge in [0.05, 0.1) is 12.6 Å². The zero-order valence-electron chi connectivity index (χ0n) is 9.99. The number of nitrogens with one attached hydrogen (secondary N) is 2. The van der Waals surface area contributed by atoms with E-state index in [-0.39, 0.29) is 24.4 Å². The number of amides is 1. The molecule has 1 atom stereocenters. The van der Waals surface area contributed by atoms with Crippen LogP contribution in [0.1, 0.15) is 29.7 Å². The van der Waals surface area contributed by atoms with E-state index in [1.807, 2.05) is 0 Å². The molecule has 1 aliphatic heterocycles. The molecular weight excluding hydrogens is 256 g/mol. The molecule has 0 bridgehead atoms. The molecule has 1 amide bonds. The molecule has 0 saturated carbocycles. The standard InChI is InChI=1S/C12H18N2OS.ClH/c1-9-5-7-16-11(9)8-14-12(15)10-4-2-3-6-13-10;/h5,7,10,13H,2-4,6,8H2,1H3,(H,14,15);1H. The largest absolute Gasteiger partial charge is 0.350 e. The Morgan fingerprint density at radius 2 is 2.41 bits per heavy atom. The average Bonchev–Trinajstić information content (AvgIpc) is 2.73. The van der Waals surface area contributed by atoms with Crippen LogP contribution in [0.25, 0.3) is 0 Å². The molecule has 3 nitrogen and oxygen atoms in total. The SMILES string of the molecule is Cc1ccsc1CNC(=O)C1CCCCN1.Cl. The first-order valence-corrected chi connectivity index (χ1v) is 6.69. The van der Waals surface area contributed by atoms with E-state index in [0.29, 0.717) is 6.54 Å². The summed E-state index contributed by atoms with van der Waals surface area (Å²) in [5.74, 6) is 0.146. The van der Waals surface area contributed by atoms with Gasteiger partial charge in [-0.3, -0.25) is 4.79 Å². The molecule has 0 aliphatic carbocycles. The maximum Gasteiger partial charge on any atom is 0.237 e. The molecule has 1 aliphatic rings. The van der Waals surface area contributed by atoms with Crippen LogP contribution in [0.2, 0.25) is 0 Å². The highest BCUT2D eigenvalue weighted by molar-refractivity contribution is 7.10. The normalized spacial score (nSPS) is 19.5. The predicted octanol–water partition coefficient (Wildman–Crippen LogP) is 2.24. The summed E-state index contributed by atoms with van der Waals surface area (Å²) >= 11 is 1.70. The van der Waals surface area contributed by atoms with E-state index in [0.717, 1.165) is 19.4 Å². The predicted molar refractivity (Wildman–Crippen MR) is 73.8 cm³/mol. The quantitative estimate of drug-likeness (QED) is 0.888. The van der Waals surface area contributed by atoms with Crippen molar-refractivity contribution in [1.82, 2.24) is 10.6 Å². The van der Waals surface area contributed by atoms with Crippen molar-refractivity contribution >= 4 is 29.7 Å². The van der Waals surface area contributed by atoms with Gasteiger partial charge in [-0.25, -0.2) is 0 Å². The maximum atomic E-state index is 11.8. The number of rotatable bonds is 3. The molecule has 2 heterocycles. The molecule has 17 heavy (non-hydrogen) atoms. The Hall–Kier alpha value is -0.580. The van der Waals surface area contributed by atoms with E-state index in [4.69, 9.17) is 0 Å². The second kappa shape index (κ2) is 6.99. The smallest absolute Gasteiger partial charge is 0.237 e. The fraction of sp³-hybridized carbons (Fsp3) is 0.583. The van der Waals surface area contributed by atoms with E-state index in [9.17, 15) is 4.79 Å². The Morgan fingerprint density at radius 3 is 3.00 bits per heavy atom. The van der Waals surface area contributed by atoms with Crippen molar-refractivity contribution in [1.29, 1.82) is 0 Å². The number of thiophene rings is 1. The highest BCUT2D eigenvalue weighted by Crippen LogP contribution is 2.15. The van der Waals surface area contributed by atoms with Gasteiger partial charge in [0.15, 0.2) is 0 Å². The molecule has 0 aromatic carbocycles. The summed E-state index contributed by atoms with van der Waals surface area (Å²) in [6.07, 6.45) is 3.31. The second-order valence-corrected chi connectivity index (χ2v) is 5.25. The van der Waals surface area contributed by atoms with Crippen molar-refractivity contribution in [2.45, 2.75) is 38.8 Å². The van der Waals surface area contributed by atoms with Gasteiger partial charge in [0.2, 0.25) is 5.91 Å². The Kier molecular flexibility index (Phi) is 5.95. The number of aryl methyl sites for hydroxylation is 1. The van der Waals surface area contributed by atoms with Crippen molar-refractivity contribution in [3.8, 4) is 0 Å². The van der Waals surface area contributed by atoms with Crippen LogP contribution < -0.4 is 10.6 Å². The van der Waals surface area contributed by atoms with Gasteiger partial charge in [-0.15, -0.1) is 23.7 Å². The summed E-state index contributed by atoms with van der Waals surface area (Å²) in [6, 6.07) is 2.11. The summed E-state index contributed by atoms with van der Waals surface area (Å²) in [5.41, 5.74) is 1.27. The average molecular weight is 275 g/mol. The minimum Gasteiger partial charge on any atom is -0.350 e. The topological polar surface area (TPSA) is 41.1 Å². The van der Waals surface area contributed by atoms with Crippen molar-refractivity contribution in [3.05, 3.63) is 21.9 Å². The molecular formula is C12H19ClN2OS. The lowest BCUT2D eigenvalue weighted by Crippen LogP contribution is -2.46. The monoisotopic (exact) mass is 274 g/mol.